The van der Waals surface area contributed by atoms with E-state index in [9.17, 15) is 9.59 Å². The third kappa shape index (κ3) is 4.35. The summed E-state index contributed by atoms with van der Waals surface area (Å²) < 4.78 is 1.27. The van der Waals surface area contributed by atoms with Crippen LogP contribution in [-0.2, 0) is 13.5 Å². The molecule has 1 aromatic heterocycles. The van der Waals surface area contributed by atoms with Gasteiger partial charge in [-0.2, -0.15) is 5.10 Å². The van der Waals surface area contributed by atoms with Gasteiger partial charge >= 0.3 is 5.97 Å². The van der Waals surface area contributed by atoms with Crippen molar-refractivity contribution in [2.75, 3.05) is 6.54 Å². The molecule has 0 fully saturated rings. The molecule has 7 heteroatoms. The molecule has 0 aliphatic carbocycles. The first-order chi connectivity index (χ1) is 11.2. The van der Waals surface area contributed by atoms with Gasteiger partial charge in [-0.3, -0.25) is 9.48 Å². The van der Waals surface area contributed by atoms with Gasteiger partial charge < -0.3 is 10.4 Å². The van der Waals surface area contributed by atoms with E-state index in [0.29, 0.717) is 11.6 Å². The lowest BCUT2D eigenvalue weighted by atomic mass is 9.85. The van der Waals surface area contributed by atoms with Gasteiger partial charge in [0.2, 0.25) is 0 Å². The molecule has 2 rings (SSSR count). The number of nitrogens with zero attached hydrogens (tertiary/aromatic N) is 2. The Morgan fingerprint density at radius 3 is 2.71 bits per heavy atom. The summed E-state index contributed by atoms with van der Waals surface area (Å²) in [4.78, 5) is 23.5. The molecule has 0 unspecified atom stereocenters. The largest absolute Gasteiger partial charge is 0.478 e. The Labute approximate surface area is 145 Å². The van der Waals surface area contributed by atoms with E-state index in [0.717, 1.165) is 12.0 Å². The quantitative estimate of drug-likeness (QED) is 0.839. The predicted octanol–water partition coefficient (Wildman–Crippen LogP) is 2.77. The summed E-state index contributed by atoms with van der Waals surface area (Å²) in [6.07, 6.45) is 1.90. The smallest absolute Gasteiger partial charge is 0.339 e. The molecule has 2 N–H and O–H groups in total. The second-order valence-corrected chi connectivity index (χ2v) is 6.93. The van der Waals surface area contributed by atoms with Crippen molar-refractivity contribution in [3.05, 3.63) is 52.3 Å². The van der Waals surface area contributed by atoms with Crippen molar-refractivity contribution in [2.24, 2.45) is 12.5 Å². The molecule has 24 heavy (non-hydrogen) atoms. The van der Waals surface area contributed by atoms with Gasteiger partial charge in [0.05, 0.1) is 6.20 Å². The van der Waals surface area contributed by atoms with Crippen LogP contribution in [0.2, 0.25) is 5.02 Å². The Bertz CT molecular complexity index is 768. The Hall–Kier alpha value is -2.34. The first kappa shape index (κ1) is 18.0. The zero-order chi connectivity index (χ0) is 17.9. The van der Waals surface area contributed by atoms with Crippen LogP contribution in [0.15, 0.2) is 30.5 Å². The maximum absolute atomic E-state index is 12.3. The molecule has 1 heterocycles. The molecule has 0 bridgehead atoms. The van der Waals surface area contributed by atoms with Crippen LogP contribution in [0.4, 0.5) is 0 Å². The number of aromatic nitrogens is 2. The highest BCUT2D eigenvalue weighted by atomic mass is 35.5. The monoisotopic (exact) mass is 349 g/mol. The molecule has 128 valence electrons. The van der Waals surface area contributed by atoms with E-state index >= 15 is 0 Å². The van der Waals surface area contributed by atoms with Crippen molar-refractivity contribution >= 4 is 23.5 Å². The van der Waals surface area contributed by atoms with Gasteiger partial charge in [0.15, 0.2) is 0 Å². The van der Waals surface area contributed by atoms with Crippen LogP contribution in [0.1, 0.15) is 40.3 Å². The third-order valence-electron chi connectivity index (χ3n) is 3.68. The van der Waals surface area contributed by atoms with Crippen molar-refractivity contribution in [1.29, 1.82) is 0 Å². The average molecular weight is 350 g/mol. The number of rotatable bonds is 6. The van der Waals surface area contributed by atoms with Crippen molar-refractivity contribution in [2.45, 2.75) is 20.3 Å². The molecule has 1 aromatic carbocycles. The summed E-state index contributed by atoms with van der Waals surface area (Å²) in [5, 5.41) is 16.4. The number of amides is 1. The standard InChI is InChI=1S/C17H20ClN3O3/c1-17(2,8-11-5-4-6-12(18)7-11)10-19-15(22)14-13(16(23)24)9-20-21(14)3/h4-7,9H,8,10H2,1-3H3,(H,19,22)(H,23,24). The highest BCUT2D eigenvalue weighted by Crippen LogP contribution is 2.23. The Morgan fingerprint density at radius 1 is 1.38 bits per heavy atom. The van der Waals surface area contributed by atoms with Crippen LogP contribution in [0, 0.1) is 5.41 Å². The lowest BCUT2D eigenvalue weighted by molar-refractivity contribution is 0.0690. The number of nitrogens with one attached hydrogen (secondary N) is 1. The minimum atomic E-state index is -1.17. The van der Waals surface area contributed by atoms with Crippen molar-refractivity contribution < 1.29 is 14.7 Å². The number of carboxylic acid groups (broad SMARTS) is 1. The highest BCUT2D eigenvalue weighted by molar-refractivity contribution is 6.30. The Morgan fingerprint density at radius 2 is 2.08 bits per heavy atom. The van der Waals surface area contributed by atoms with Crippen molar-refractivity contribution in [1.82, 2.24) is 15.1 Å². The predicted molar refractivity (Wildman–Crippen MR) is 91.4 cm³/mol. The number of aryl methyl sites for hydroxylation is 1. The molecule has 0 spiro atoms. The molecule has 0 saturated heterocycles. The Kier molecular flexibility index (Phi) is 5.29. The molecule has 0 atom stereocenters. The van der Waals surface area contributed by atoms with Crippen LogP contribution in [0.3, 0.4) is 0 Å². The summed E-state index contributed by atoms with van der Waals surface area (Å²) in [5.74, 6) is -1.63. The number of aromatic carboxylic acids is 1. The second-order valence-electron chi connectivity index (χ2n) is 6.49. The van der Waals surface area contributed by atoms with E-state index in [2.05, 4.69) is 10.4 Å². The van der Waals surface area contributed by atoms with Crippen molar-refractivity contribution in [3.63, 3.8) is 0 Å². The van der Waals surface area contributed by atoms with Gasteiger partial charge in [-0.15, -0.1) is 0 Å². The first-order valence-corrected chi connectivity index (χ1v) is 7.85. The zero-order valence-electron chi connectivity index (χ0n) is 13.8. The summed E-state index contributed by atoms with van der Waals surface area (Å²) in [5.41, 5.74) is 0.791. The van der Waals surface area contributed by atoms with E-state index in [1.54, 1.807) is 7.05 Å². The number of carbonyl (C=O) groups is 2. The number of halogens is 1. The fourth-order valence-electron chi connectivity index (χ4n) is 2.53. The molecule has 1 amide bonds. The summed E-state index contributed by atoms with van der Waals surface area (Å²) in [7, 11) is 1.54. The normalized spacial score (nSPS) is 11.3. The minimum Gasteiger partial charge on any atom is -0.478 e. The number of benzene rings is 1. The maximum Gasteiger partial charge on any atom is 0.339 e. The molecule has 0 aliphatic heterocycles. The van der Waals surface area contributed by atoms with Gasteiger partial charge in [0, 0.05) is 18.6 Å². The molecule has 0 saturated carbocycles. The lowest BCUT2D eigenvalue weighted by Gasteiger charge is -2.25. The first-order valence-electron chi connectivity index (χ1n) is 7.47. The van der Waals surface area contributed by atoms with Crippen LogP contribution in [0.25, 0.3) is 0 Å². The van der Waals surface area contributed by atoms with E-state index in [1.807, 2.05) is 38.1 Å². The van der Waals surface area contributed by atoms with Crippen LogP contribution >= 0.6 is 11.6 Å². The molecule has 2 aromatic rings. The number of carbonyl (C=O) groups excluding carboxylic acids is 1. The van der Waals surface area contributed by atoms with Crippen LogP contribution in [0.5, 0.6) is 0 Å². The van der Waals surface area contributed by atoms with E-state index in [-0.39, 0.29) is 16.7 Å². The topological polar surface area (TPSA) is 84.2 Å². The van der Waals surface area contributed by atoms with Gasteiger partial charge in [0.1, 0.15) is 11.3 Å². The number of hydrogen-bond donors (Lipinski definition) is 2. The van der Waals surface area contributed by atoms with E-state index in [4.69, 9.17) is 16.7 Å². The number of hydrogen-bond acceptors (Lipinski definition) is 3. The average Bonchev–Trinajstić information content (AvgIpc) is 2.86. The lowest BCUT2D eigenvalue weighted by Crippen LogP contribution is -2.36. The fraction of sp³-hybridized carbons (Fsp3) is 0.353. The second kappa shape index (κ2) is 7.05. The van der Waals surface area contributed by atoms with Crippen LogP contribution < -0.4 is 5.32 Å². The SMILES string of the molecule is Cn1ncc(C(=O)O)c1C(=O)NCC(C)(C)Cc1cccc(Cl)c1. The molecular formula is C17H20ClN3O3. The van der Waals surface area contributed by atoms with Gasteiger partial charge in [-0.1, -0.05) is 37.6 Å². The van der Waals surface area contributed by atoms with Crippen LogP contribution in [-0.4, -0.2) is 33.3 Å². The maximum atomic E-state index is 12.3. The summed E-state index contributed by atoms with van der Waals surface area (Å²) in [6, 6.07) is 7.59. The summed E-state index contributed by atoms with van der Waals surface area (Å²) in [6.45, 7) is 4.44. The molecule has 0 aliphatic rings. The summed E-state index contributed by atoms with van der Waals surface area (Å²) >= 11 is 6.00. The van der Waals surface area contributed by atoms with Gasteiger partial charge in [-0.05, 0) is 29.5 Å². The number of carboxylic acids is 1. The minimum absolute atomic E-state index is 0.0426. The van der Waals surface area contributed by atoms with E-state index in [1.165, 1.54) is 10.9 Å². The fourth-order valence-corrected chi connectivity index (χ4v) is 2.74. The molecule has 6 nitrogen and oxygen atoms in total. The molecule has 0 radical (unpaired) electrons. The zero-order valence-corrected chi connectivity index (χ0v) is 14.6. The van der Waals surface area contributed by atoms with Gasteiger partial charge in [-0.25, -0.2) is 4.79 Å². The highest BCUT2D eigenvalue weighted by Gasteiger charge is 2.24. The third-order valence-corrected chi connectivity index (χ3v) is 3.92. The molecular weight excluding hydrogens is 330 g/mol. The van der Waals surface area contributed by atoms with E-state index < -0.39 is 11.9 Å². The Balaban J connectivity index is 2.05. The van der Waals surface area contributed by atoms with Crippen molar-refractivity contribution in [3.8, 4) is 0 Å². The van der Waals surface area contributed by atoms with Gasteiger partial charge in [0.25, 0.3) is 5.91 Å².